The minimum absolute atomic E-state index is 0.216. The first kappa shape index (κ1) is 18.6. The quantitative estimate of drug-likeness (QED) is 0.707. The Morgan fingerprint density at radius 2 is 1.83 bits per heavy atom. The minimum Gasteiger partial charge on any atom is -0.356 e. The molecule has 128 valence electrons. The van der Waals surface area contributed by atoms with E-state index in [1.165, 1.54) is 18.2 Å². The standard InChI is InChI=1S/C17H18ClF2N3S/c1-23(2)15(16-13(18)4-3-5-14(16)20)10-21-17(24)22-12-8-6-11(19)7-9-12/h3-9,15H,10H2,1-2H3,(H2,21,22,24)/p+1/t15-/m1/s1. The first-order chi connectivity index (χ1) is 11.4. The molecule has 3 nitrogen and oxygen atoms in total. The summed E-state index contributed by atoms with van der Waals surface area (Å²) in [5.74, 6) is -0.655. The number of anilines is 1. The highest BCUT2D eigenvalue weighted by atomic mass is 35.5. The van der Waals surface area contributed by atoms with Gasteiger partial charge in [0.25, 0.3) is 0 Å². The van der Waals surface area contributed by atoms with Crippen LogP contribution in [-0.4, -0.2) is 25.8 Å². The van der Waals surface area contributed by atoms with Gasteiger partial charge in [-0.05, 0) is 48.6 Å². The van der Waals surface area contributed by atoms with Gasteiger partial charge >= 0.3 is 0 Å². The van der Waals surface area contributed by atoms with E-state index in [1.807, 2.05) is 14.1 Å². The van der Waals surface area contributed by atoms with Crippen LogP contribution in [0.3, 0.4) is 0 Å². The molecule has 0 bridgehead atoms. The fraction of sp³-hybridized carbons (Fsp3) is 0.235. The molecule has 0 saturated carbocycles. The summed E-state index contributed by atoms with van der Waals surface area (Å²) < 4.78 is 27.1. The van der Waals surface area contributed by atoms with Gasteiger partial charge < -0.3 is 15.5 Å². The average Bonchev–Trinajstić information content (AvgIpc) is 2.52. The molecular formula is C17H19ClF2N3S+. The zero-order valence-corrected chi connectivity index (χ0v) is 14.9. The van der Waals surface area contributed by atoms with Crippen molar-refractivity contribution < 1.29 is 13.7 Å². The SMILES string of the molecule is C[NH+](C)[C@H](CNC(=S)Nc1ccc(F)cc1)c1c(F)cccc1Cl. The molecule has 0 aliphatic carbocycles. The van der Waals surface area contributed by atoms with Gasteiger partial charge in [-0.1, -0.05) is 17.7 Å². The van der Waals surface area contributed by atoms with Crippen molar-refractivity contribution >= 4 is 34.6 Å². The van der Waals surface area contributed by atoms with Gasteiger partial charge in [0.1, 0.15) is 17.7 Å². The van der Waals surface area contributed by atoms with Crippen molar-refractivity contribution in [2.45, 2.75) is 6.04 Å². The molecule has 7 heteroatoms. The van der Waals surface area contributed by atoms with Crippen LogP contribution < -0.4 is 15.5 Å². The summed E-state index contributed by atoms with van der Waals surface area (Å²) in [4.78, 5) is 1.01. The van der Waals surface area contributed by atoms with Crippen molar-refractivity contribution in [3.05, 3.63) is 64.7 Å². The number of benzene rings is 2. The number of hydrogen-bond donors (Lipinski definition) is 3. The van der Waals surface area contributed by atoms with Crippen molar-refractivity contribution in [1.82, 2.24) is 5.32 Å². The summed E-state index contributed by atoms with van der Waals surface area (Å²) >= 11 is 11.4. The zero-order valence-electron chi connectivity index (χ0n) is 13.4. The Balaban J connectivity index is 2.04. The Morgan fingerprint density at radius 3 is 2.42 bits per heavy atom. The molecule has 0 aromatic heterocycles. The first-order valence-corrected chi connectivity index (χ1v) is 8.21. The number of likely N-dealkylation sites (N-methyl/N-ethyl adjacent to an activating group) is 1. The highest BCUT2D eigenvalue weighted by Gasteiger charge is 2.24. The normalized spacial score (nSPS) is 12.1. The highest BCUT2D eigenvalue weighted by molar-refractivity contribution is 7.80. The maximum Gasteiger partial charge on any atom is 0.171 e. The number of rotatable bonds is 5. The molecule has 24 heavy (non-hydrogen) atoms. The molecule has 0 radical (unpaired) electrons. The van der Waals surface area contributed by atoms with E-state index in [0.29, 0.717) is 27.9 Å². The molecular weight excluding hydrogens is 352 g/mol. The smallest absolute Gasteiger partial charge is 0.171 e. The van der Waals surface area contributed by atoms with E-state index < -0.39 is 0 Å². The zero-order chi connectivity index (χ0) is 17.7. The lowest BCUT2D eigenvalue weighted by atomic mass is 10.1. The van der Waals surface area contributed by atoms with Gasteiger partial charge in [-0.15, -0.1) is 0 Å². The summed E-state index contributed by atoms with van der Waals surface area (Å²) in [7, 11) is 3.84. The number of halogens is 3. The fourth-order valence-corrected chi connectivity index (χ4v) is 2.84. The van der Waals surface area contributed by atoms with Crippen LogP contribution in [0.1, 0.15) is 11.6 Å². The molecule has 0 aliphatic heterocycles. The molecule has 0 unspecified atom stereocenters. The van der Waals surface area contributed by atoms with E-state index in [9.17, 15) is 8.78 Å². The Morgan fingerprint density at radius 1 is 1.17 bits per heavy atom. The molecule has 0 amide bonds. The molecule has 0 spiro atoms. The summed E-state index contributed by atoms with van der Waals surface area (Å²) in [6.45, 7) is 0.399. The van der Waals surface area contributed by atoms with Crippen LogP contribution in [-0.2, 0) is 0 Å². The molecule has 1 atom stereocenters. The average molecular weight is 371 g/mol. The number of hydrogen-bond acceptors (Lipinski definition) is 1. The molecule has 0 heterocycles. The van der Waals surface area contributed by atoms with Crippen molar-refractivity contribution in [3.63, 3.8) is 0 Å². The van der Waals surface area contributed by atoms with E-state index in [-0.39, 0.29) is 17.7 Å². The number of quaternary nitrogens is 1. The maximum atomic E-state index is 14.2. The van der Waals surface area contributed by atoms with Crippen LogP contribution in [0.2, 0.25) is 5.02 Å². The van der Waals surface area contributed by atoms with Crippen molar-refractivity contribution in [3.8, 4) is 0 Å². The van der Waals surface area contributed by atoms with Gasteiger partial charge in [0, 0.05) is 5.69 Å². The molecule has 0 fully saturated rings. The van der Waals surface area contributed by atoms with Gasteiger partial charge in [0.15, 0.2) is 5.11 Å². The van der Waals surface area contributed by atoms with E-state index in [4.69, 9.17) is 23.8 Å². The fourth-order valence-electron chi connectivity index (χ4n) is 2.34. The predicted molar refractivity (Wildman–Crippen MR) is 97.6 cm³/mol. The summed E-state index contributed by atoms with van der Waals surface area (Å²) in [6.07, 6.45) is 0. The van der Waals surface area contributed by atoms with Gasteiger partial charge in [0.2, 0.25) is 0 Å². The van der Waals surface area contributed by atoms with Crippen molar-refractivity contribution in [1.29, 1.82) is 0 Å². The number of nitrogens with one attached hydrogen (secondary N) is 3. The Kier molecular flexibility index (Phi) is 6.48. The van der Waals surface area contributed by atoms with Crippen LogP contribution >= 0.6 is 23.8 Å². The molecule has 0 aliphatic rings. The van der Waals surface area contributed by atoms with Gasteiger partial charge in [-0.2, -0.15) is 0 Å². The Bertz CT molecular complexity index is 687. The van der Waals surface area contributed by atoms with Crippen LogP contribution in [0, 0.1) is 11.6 Å². The molecule has 0 saturated heterocycles. The lowest BCUT2D eigenvalue weighted by Gasteiger charge is -2.24. The third kappa shape index (κ3) is 4.87. The molecule has 2 aromatic rings. The first-order valence-electron chi connectivity index (χ1n) is 7.43. The Labute approximate surface area is 150 Å². The maximum absolute atomic E-state index is 14.2. The highest BCUT2D eigenvalue weighted by Crippen LogP contribution is 2.23. The lowest BCUT2D eigenvalue weighted by molar-refractivity contribution is -0.890. The third-order valence-electron chi connectivity index (χ3n) is 3.61. The van der Waals surface area contributed by atoms with Crippen molar-refractivity contribution in [2.24, 2.45) is 0 Å². The lowest BCUT2D eigenvalue weighted by Crippen LogP contribution is -3.07. The Hall–Kier alpha value is -1.76. The largest absolute Gasteiger partial charge is 0.356 e. The number of thiocarbonyl (C=S) groups is 1. The van der Waals surface area contributed by atoms with Gasteiger partial charge in [-0.25, -0.2) is 8.78 Å². The summed E-state index contributed by atoms with van der Waals surface area (Å²) in [5.41, 5.74) is 1.13. The third-order valence-corrected chi connectivity index (χ3v) is 4.19. The predicted octanol–water partition coefficient (Wildman–Crippen LogP) is 2.79. The second kappa shape index (κ2) is 8.37. The summed E-state index contributed by atoms with van der Waals surface area (Å²) in [5, 5.41) is 6.79. The monoisotopic (exact) mass is 370 g/mol. The van der Waals surface area contributed by atoms with E-state index in [1.54, 1.807) is 24.3 Å². The second-order valence-corrected chi connectivity index (χ2v) is 6.42. The topological polar surface area (TPSA) is 28.5 Å². The van der Waals surface area contributed by atoms with Crippen LogP contribution in [0.15, 0.2) is 42.5 Å². The van der Waals surface area contributed by atoms with Gasteiger partial charge in [0.05, 0.1) is 31.2 Å². The second-order valence-electron chi connectivity index (χ2n) is 5.61. The van der Waals surface area contributed by atoms with Crippen LogP contribution in [0.5, 0.6) is 0 Å². The van der Waals surface area contributed by atoms with E-state index in [2.05, 4.69) is 10.6 Å². The van der Waals surface area contributed by atoms with E-state index >= 15 is 0 Å². The molecule has 3 N–H and O–H groups in total. The van der Waals surface area contributed by atoms with Crippen molar-refractivity contribution in [2.75, 3.05) is 26.0 Å². The molecule has 2 rings (SSSR count). The van der Waals surface area contributed by atoms with Crippen LogP contribution in [0.25, 0.3) is 0 Å². The van der Waals surface area contributed by atoms with Crippen LogP contribution in [0.4, 0.5) is 14.5 Å². The summed E-state index contributed by atoms with van der Waals surface area (Å²) in [6, 6.07) is 10.3. The van der Waals surface area contributed by atoms with Gasteiger partial charge in [-0.3, -0.25) is 0 Å². The molecule has 2 aromatic carbocycles. The van der Waals surface area contributed by atoms with E-state index in [0.717, 1.165) is 4.90 Å². The minimum atomic E-state index is -0.340.